The molecule has 0 saturated heterocycles. The van der Waals surface area contributed by atoms with Gasteiger partial charge in [-0.15, -0.1) is 0 Å². The van der Waals surface area contributed by atoms with Gasteiger partial charge in [0.1, 0.15) is 0 Å². The first-order chi connectivity index (χ1) is 9.85. The molecule has 1 N–H and O–H groups in total. The van der Waals surface area contributed by atoms with Gasteiger partial charge in [0, 0.05) is 41.0 Å². The average Bonchev–Trinajstić information content (AvgIpc) is 2.92. The lowest BCUT2D eigenvalue weighted by atomic mass is 10.1. The minimum atomic E-state index is -3.04. The normalized spacial score (nSPS) is 22.0. The van der Waals surface area contributed by atoms with Crippen LogP contribution in [0.15, 0.2) is 23.7 Å². The van der Waals surface area contributed by atoms with Gasteiger partial charge in [0.15, 0.2) is 15.5 Å². The molecule has 1 aliphatic heterocycles. The lowest BCUT2D eigenvalue weighted by molar-refractivity contribution is 0.528. The molecule has 3 heterocycles. The average molecular weight is 306 g/mol. The minimum Gasteiger partial charge on any atom is -0.303 e. The second-order valence-corrected chi connectivity index (χ2v) is 7.44. The third-order valence-corrected chi connectivity index (χ3v) is 5.14. The van der Waals surface area contributed by atoms with Gasteiger partial charge in [0.05, 0.1) is 11.4 Å². The summed E-state index contributed by atoms with van der Waals surface area (Å²) in [5.74, 6) is 0.118. The Morgan fingerprint density at radius 1 is 1.43 bits per heavy atom. The third-order valence-electron chi connectivity index (χ3n) is 3.74. The quantitative estimate of drug-likeness (QED) is 0.925. The van der Waals surface area contributed by atoms with E-state index < -0.39 is 9.84 Å². The zero-order valence-electron chi connectivity index (χ0n) is 12.2. The van der Waals surface area contributed by atoms with E-state index in [-0.39, 0.29) is 17.8 Å². The summed E-state index contributed by atoms with van der Waals surface area (Å²) in [4.78, 5) is 4.41. The third kappa shape index (κ3) is 2.71. The number of nitrogens with one attached hydrogen (secondary N) is 1. The number of nitrogens with zero attached hydrogens (tertiary/aromatic N) is 3. The second kappa shape index (κ2) is 4.92. The summed E-state index contributed by atoms with van der Waals surface area (Å²) in [6, 6.07) is 1.77. The molecule has 0 bridgehead atoms. The summed E-state index contributed by atoms with van der Waals surface area (Å²) in [6.45, 7) is 5.94. The molecule has 0 saturated carbocycles. The van der Waals surface area contributed by atoms with E-state index in [1.165, 1.54) is 5.41 Å². The van der Waals surface area contributed by atoms with Crippen molar-refractivity contribution in [3.63, 3.8) is 0 Å². The van der Waals surface area contributed by atoms with Gasteiger partial charge < -0.3 is 5.32 Å². The van der Waals surface area contributed by atoms with Crippen LogP contribution in [0.4, 0.5) is 0 Å². The van der Waals surface area contributed by atoms with Gasteiger partial charge in [-0.1, -0.05) is 6.08 Å². The van der Waals surface area contributed by atoms with E-state index in [4.69, 9.17) is 0 Å². The van der Waals surface area contributed by atoms with Crippen LogP contribution in [0.25, 0.3) is 5.65 Å². The van der Waals surface area contributed by atoms with Crippen LogP contribution in [-0.4, -0.2) is 34.8 Å². The maximum Gasteiger partial charge on any atom is 0.173 e. The molecule has 21 heavy (non-hydrogen) atoms. The van der Waals surface area contributed by atoms with Gasteiger partial charge in [-0.25, -0.2) is 17.9 Å². The number of rotatable bonds is 3. The van der Waals surface area contributed by atoms with E-state index >= 15 is 0 Å². The molecular weight excluding hydrogens is 288 g/mol. The summed E-state index contributed by atoms with van der Waals surface area (Å²) in [6.07, 6.45) is 3.53. The highest BCUT2D eigenvalue weighted by Gasteiger charge is 2.24. The van der Waals surface area contributed by atoms with Gasteiger partial charge in [0.25, 0.3) is 0 Å². The zero-order valence-corrected chi connectivity index (χ0v) is 13.1. The van der Waals surface area contributed by atoms with Crippen LogP contribution >= 0.6 is 0 Å². The summed E-state index contributed by atoms with van der Waals surface area (Å²) in [7, 11) is -3.04. The first kappa shape index (κ1) is 14.2. The monoisotopic (exact) mass is 306 g/mol. The maximum atomic E-state index is 11.5. The molecule has 6 nitrogen and oxygen atoms in total. The molecule has 0 amide bonds. The van der Waals surface area contributed by atoms with Crippen molar-refractivity contribution in [2.45, 2.75) is 32.9 Å². The Balaban J connectivity index is 1.86. The molecular formula is C14H18N4O2S. The predicted octanol–water partition coefficient (Wildman–Crippen LogP) is 1.31. The number of aromatic nitrogens is 3. The molecule has 0 aromatic carbocycles. The largest absolute Gasteiger partial charge is 0.303 e. The highest BCUT2D eigenvalue weighted by Crippen LogP contribution is 2.20. The SMILES string of the molecule is Cc1cc2ncc(C(C)NC3C=CS(=O)(=O)C3)c(C)n2n1. The Morgan fingerprint density at radius 3 is 2.86 bits per heavy atom. The van der Waals surface area contributed by atoms with Crippen molar-refractivity contribution in [3.05, 3.63) is 40.7 Å². The van der Waals surface area contributed by atoms with Crippen LogP contribution in [0.2, 0.25) is 0 Å². The molecule has 2 aromatic heterocycles. The summed E-state index contributed by atoms with van der Waals surface area (Å²) in [5, 5.41) is 9.02. The highest BCUT2D eigenvalue weighted by molar-refractivity contribution is 7.94. The molecule has 1 aliphatic rings. The molecule has 0 radical (unpaired) electrons. The zero-order chi connectivity index (χ0) is 15.2. The van der Waals surface area contributed by atoms with Crippen molar-refractivity contribution in [1.29, 1.82) is 0 Å². The lowest BCUT2D eigenvalue weighted by Crippen LogP contribution is -2.33. The van der Waals surface area contributed by atoms with E-state index in [2.05, 4.69) is 15.4 Å². The number of hydrogen-bond acceptors (Lipinski definition) is 5. The Hall–Kier alpha value is -1.73. The molecule has 0 spiro atoms. The smallest absolute Gasteiger partial charge is 0.173 e. The lowest BCUT2D eigenvalue weighted by Gasteiger charge is -2.19. The Morgan fingerprint density at radius 2 is 2.19 bits per heavy atom. The summed E-state index contributed by atoms with van der Waals surface area (Å²) < 4.78 is 24.7. The number of aryl methyl sites for hydroxylation is 2. The first-order valence-electron chi connectivity index (χ1n) is 6.84. The van der Waals surface area contributed by atoms with Gasteiger partial charge >= 0.3 is 0 Å². The summed E-state index contributed by atoms with van der Waals surface area (Å²) in [5.41, 5.74) is 3.78. The Kier molecular flexibility index (Phi) is 3.33. The van der Waals surface area contributed by atoms with Crippen LogP contribution < -0.4 is 5.32 Å². The highest BCUT2D eigenvalue weighted by atomic mass is 32.2. The molecule has 112 valence electrons. The first-order valence-corrected chi connectivity index (χ1v) is 8.56. The van der Waals surface area contributed by atoms with Crippen molar-refractivity contribution in [3.8, 4) is 0 Å². The van der Waals surface area contributed by atoms with Crippen LogP contribution in [0.5, 0.6) is 0 Å². The van der Waals surface area contributed by atoms with Crippen LogP contribution in [0.1, 0.15) is 29.9 Å². The van der Waals surface area contributed by atoms with E-state index in [0.717, 1.165) is 22.6 Å². The molecule has 2 aromatic rings. The topological polar surface area (TPSA) is 76.4 Å². The fraction of sp³-hybridized carbons (Fsp3) is 0.429. The predicted molar refractivity (Wildman–Crippen MR) is 80.7 cm³/mol. The van der Waals surface area contributed by atoms with Gasteiger partial charge in [-0.3, -0.25) is 0 Å². The molecule has 2 atom stereocenters. The van der Waals surface area contributed by atoms with E-state index in [9.17, 15) is 8.42 Å². The van der Waals surface area contributed by atoms with E-state index in [1.807, 2.05) is 37.5 Å². The van der Waals surface area contributed by atoms with Crippen molar-refractivity contribution in [1.82, 2.24) is 19.9 Å². The minimum absolute atomic E-state index is 0.00523. The van der Waals surface area contributed by atoms with E-state index in [1.54, 1.807) is 6.08 Å². The fourth-order valence-electron chi connectivity index (χ4n) is 2.69. The van der Waals surface area contributed by atoms with Crippen molar-refractivity contribution in [2.24, 2.45) is 0 Å². The van der Waals surface area contributed by atoms with Crippen molar-refractivity contribution >= 4 is 15.5 Å². The number of sulfone groups is 1. The van der Waals surface area contributed by atoms with Gasteiger partial charge in [-0.05, 0) is 20.8 Å². The standard InChI is InChI=1S/C14H18N4O2S/c1-9-6-14-15-7-13(11(3)18(14)17-9)10(2)16-12-4-5-21(19,20)8-12/h4-7,10,12,16H,8H2,1-3H3. The van der Waals surface area contributed by atoms with Crippen LogP contribution in [0, 0.1) is 13.8 Å². The second-order valence-electron chi connectivity index (χ2n) is 5.51. The number of fused-ring (bicyclic) bond motifs is 1. The molecule has 3 rings (SSSR count). The van der Waals surface area contributed by atoms with Crippen molar-refractivity contribution < 1.29 is 8.42 Å². The van der Waals surface area contributed by atoms with Crippen LogP contribution in [0.3, 0.4) is 0 Å². The molecule has 0 fully saturated rings. The van der Waals surface area contributed by atoms with E-state index in [0.29, 0.717) is 0 Å². The molecule has 0 aliphatic carbocycles. The summed E-state index contributed by atoms with van der Waals surface area (Å²) >= 11 is 0. The fourth-order valence-corrected chi connectivity index (χ4v) is 3.94. The maximum absolute atomic E-state index is 11.5. The Labute approximate surface area is 123 Å². The van der Waals surface area contributed by atoms with Crippen LogP contribution in [-0.2, 0) is 9.84 Å². The Bertz CT molecular complexity index is 823. The molecule has 7 heteroatoms. The number of hydrogen-bond donors (Lipinski definition) is 1. The van der Waals surface area contributed by atoms with Gasteiger partial charge in [-0.2, -0.15) is 5.10 Å². The molecule has 2 unspecified atom stereocenters. The van der Waals surface area contributed by atoms with Gasteiger partial charge in [0.2, 0.25) is 0 Å². The van der Waals surface area contributed by atoms with Crippen molar-refractivity contribution in [2.75, 3.05) is 5.75 Å².